The second-order valence-corrected chi connectivity index (χ2v) is 7.87. The van der Waals surface area contributed by atoms with Crippen LogP contribution >= 0.6 is 0 Å². The molecule has 3 saturated carbocycles. The van der Waals surface area contributed by atoms with Gasteiger partial charge in [-0.25, -0.2) is 0 Å². The second kappa shape index (κ2) is 6.28. The number of fused-ring (bicyclic) bond motifs is 1. The number of pyridine rings is 1. The van der Waals surface area contributed by atoms with Crippen LogP contribution < -0.4 is 24.8 Å². The molecule has 0 atom stereocenters. The number of rotatable bonds is 6. The van der Waals surface area contributed by atoms with Gasteiger partial charge in [0.1, 0.15) is 11.4 Å². The molecule has 6 rings (SSSR count). The zero-order valence-electron chi connectivity index (χ0n) is 15.6. The van der Waals surface area contributed by atoms with E-state index in [1.807, 2.05) is 0 Å². The number of ether oxygens (including phenoxy) is 3. The van der Waals surface area contributed by atoms with Gasteiger partial charge in [-0.1, -0.05) is 6.07 Å². The molecular weight excluding hydrogens is 400 g/mol. The third-order valence-electron chi connectivity index (χ3n) is 5.45. The summed E-state index contributed by atoms with van der Waals surface area (Å²) in [5.74, 6) is -0.595. The molecule has 2 aromatic rings. The van der Waals surface area contributed by atoms with Crippen molar-refractivity contribution >= 4 is 11.8 Å². The van der Waals surface area contributed by atoms with Crippen molar-refractivity contribution in [3.05, 3.63) is 48.3 Å². The number of hydrogen-bond donors (Lipinski definition) is 2. The number of nitrogens with one attached hydrogen (secondary N) is 2. The van der Waals surface area contributed by atoms with Crippen molar-refractivity contribution < 1.29 is 32.6 Å². The molecule has 0 radical (unpaired) electrons. The molecule has 0 unspecified atom stereocenters. The lowest BCUT2D eigenvalue weighted by molar-refractivity contribution is -0.286. The molecule has 1 aromatic heterocycles. The molecule has 0 spiro atoms. The second-order valence-electron chi connectivity index (χ2n) is 7.87. The molecule has 8 nitrogen and oxygen atoms in total. The number of carbonyl (C=O) groups is 2. The third-order valence-corrected chi connectivity index (χ3v) is 5.45. The molecule has 4 aliphatic rings. The normalized spacial score (nSPS) is 26.7. The minimum atomic E-state index is -3.70. The Balaban J connectivity index is 1.09. The summed E-state index contributed by atoms with van der Waals surface area (Å²) in [4.78, 5) is 28.5. The van der Waals surface area contributed by atoms with Gasteiger partial charge in [0.05, 0.1) is 0 Å². The summed E-state index contributed by atoms with van der Waals surface area (Å²) < 4.78 is 40.1. The van der Waals surface area contributed by atoms with E-state index in [0.717, 1.165) is 0 Å². The van der Waals surface area contributed by atoms with E-state index < -0.39 is 6.29 Å². The van der Waals surface area contributed by atoms with E-state index in [1.54, 1.807) is 24.4 Å². The Morgan fingerprint density at radius 2 is 1.77 bits per heavy atom. The smallest absolute Gasteiger partial charge is 0.484 e. The Hall–Kier alpha value is -3.43. The Labute approximate surface area is 169 Å². The number of nitrogens with zero attached hydrogens (tertiary/aromatic N) is 1. The molecule has 2 N–H and O–H groups in total. The number of alkyl halides is 2. The number of halogens is 2. The summed E-state index contributed by atoms with van der Waals surface area (Å²) in [5, 5.41) is 5.92. The highest BCUT2D eigenvalue weighted by Crippen LogP contribution is 2.60. The van der Waals surface area contributed by atoms with Crippen LogP contribution in [0.1, 0.15) is 29.8 Å². The SMILES string of the molecule is O=C(COc1ccc2c(c1)OC(F)(F)O2)NC12CC(NC(=O)c3ccccn3)(C1)C2. The molecule has 2 bridgehead atoms. The van der Waals surface area contributed by atoms with Gasteiger partial charge in [0.2, 0.25) is 0 Å². The summed E-state index contributed by atoms with van der Waals surface area (Å²) in [7, 11) is 0. The van der Waals surface area contributed by atoms with Crippen LogP contribution in [0.25, 0.3) is 0 Å². The van der Waals surface area contributed by atoms with Crippen LogP contribution in [-0.2, 0) is 4.79 Å². The first-order valence-corrected chi connectivity index (χ1v) is 9.33. The van der Waals surface area contributed by atoms with Gasteiger partial charge < -0.3 is 24.8 Å². The summed E-state index contributed by atoms with van der Waals surface area (Å²) >= 11 is 0. The highest BCUT2D eigenvalue weighted by atomic mass is 19.3. The summed E-state index contributed by atoms with van der Waals surface area (Å²) in [6.45, 7) is -0.273. The highest BCUT2D eigenvalue weighted by molar-refractivity contribution is 5.93. The van der Waals surface area contributed by atoms with Crippen molar-refractivity contribution in [2.24, 2.45) is 0 Å². The maximum absolute atomic E-state index is 13.0. The standard InChI is InChI=1S/C20H17F2N3O5/c21-20(22)29-14-5-4-12(7-15(14)30-20)28-8-16(26)24-18-9-19(10-18,11-18)25-17(27)13-3-1-2-6-23-13/h1-7H,8-11H2,(H,24,26)(H,25,27). The Bertz CT molecular complexity index is 1010. The van der Waals surface area contributed by atoms with Gasteiger partial charge in [-0.15, -0.1) is 8.78 Å². The zero-order chi connectivity index (χ0) is 21.0. The first-order chi connectivity index (χ1) is 14.3. The molecule has 10 heteroatoms. The van der Waals surface area contributed by atoms with Crippen molar-refractivity contribution in [1.29, 1.82) is 0 Å². The Kier molecular flexibility index (Phi) is 3.89. The van der Waals surface area contributed by atoms with Crippen LogP contribution in [0.4, 0.5) is 8.78 Å². The molecule has 3 fully saturated rings. The molecule has 0 saturated heterocycles. The molecule has 30 heavy (non-hydrogen) atoms. The lowest BCUT2D eigenvalue weighted by Gasteiger charge is -2.70. The van der Waals surface area contributed by atoms with Gasteiger partial charge >= 0.3 is 6.29 Å². The van der Waals surface area contributed by atoms with Crippen LogP contribution in [0, 0.1) is 0 Å². The van der Waals surface area contributed by atoms with Crippen LogP contribution in [0.15, 0.2) is 42.6 Å². The first kappa shape index (κ1) is 18.6. The van der Waals surface area contributed by atoms with Gasteiger partial charge in [-0.05, 0) is 43.5 Å². The average Bonchev–Trinajstić information content (AvgIpc) is 2.97. The van der Waals surface area contributed by atoms with Crippen LogP contribution in [0.2, 0.25) is 0 Å². The van der Waals surface area contributed by atoms with Crippen LogP contribution in [-0.4, -0.2) is 40.8 Å². The number of amides is 2. The summed E-state index contributed by atoms with van der Waals surface area (Å²) in [5.41, 5.74) is -0.282. The van der Waals surface area contributed by atoms with E-state index in [-0.39, 0.29) is 46.7 Å². The van der Waals surface area contributed by atoms with Gasteiger partial charge in [0.25, 0.3) is 11.8 Å². The maximum atomic E-state index is 13.0. The lowest BCUT2D eigenvalue weighted by atomic mass is 9.44. The van der Waals surface area contributed by atoms with E-state index in [1.165, 1.54) is 18.2 Å². The topological polar surface area (TPSA) is 98.8 Å². The van der Waals surface area contributed by atoms with Crippen LogP contribution in [0.5, 0.6) is 17.2 Å². The van der Waals surface area contributed by atoms with E-state index >= 15 is 0 Å². The highest BCUT2D eigenvalue weighted by Gasteiger charge is 2.69. The Morgan fingerprint density at radius 1 is 1.03 bits per heavy atom. The van der Waals surface area contributed by atoms with Crippen molar-refractivity contribution in [3.63, 3.8) is 0 Å². The fraction of sp³-hybridized carbons (Fsp3) is 0.350. The van der Waals surface area contributed by atoms with Gasteiger partial charge in [-0.2, -0.15) is 0 Å². The predicted octanol–water partition coefficient (Wildman–Crippen LogP) is 2.00. The van der Waals surface area contributed by atoms with Crippen molar-refractivity contribution in [2.45, 2.75) is 36.6 Å². The lowest BCUT2D eigenvalue weighted by Crippen LogP contribution is -2.84. The van der Waals surface area contributed by atoms with Crippen LogP contribution in [0.3, 0.4) is 0 Å². The van der Waals surface area contributed by atoms with E-state index in [4.69, 9.17) is 4.74 Å². The third kappa shape index (κ3) is 3.27. The van der Waals surface area contributed by atoms with E-state index in [9.17, 15) is 18.4 Å². The maximum Gasteiger partial charge on any atom is 0.586 e. The molecule has 3 aliphatic carbocycles. The summed E-state index contributed by atoms with van der Waals surface area (Å²) in [6, 6.07) is 9.08. The van der Waals surface area contributed by atoms with Crippen molar-refractivity contribution in [3.8, 4) is 17.2 Å². The number of aromatic nitrogens is 1. The van der Waals surface area contributed by atoms with Gasteiger partial charge in [0, 0.05) is 23.3 Å². The molecule has 2 amide bonds. The summed E-state index contributed by atoms with van der Waals surface area (Å²) in [6.07, 6.45) is -0.217. The number of carbonyl (C=O) groups excluding carboxylic acids is 2. The fourth-order valence-electron chi connectivity index (χ4n) is 4.35. The van der Waals surface area contributed by atoms with E-state index in [2.05, 4.69) is 25.1 Å². The molecule has 2 heterocycles. The minimum Gasteiger partial charge on any atom is -0.484 e. The Morgan fingerprint density at radius 3 is 2.50 bits per heavy atom. The molecule has 1 aromatic carbocycles. The largest absolute Gasteiger partial charge is 0.586 e. The first-order valence-electron chi connectivity index (χ1n) is 9.33. The molecule has 156 valence electrons. The van der Waals surface area contributed by atoms with Gasteiger partial charge in [-0.3, -0.25) is 14.6 Å². The fourth-order valence-corrected chi connectivity index (χ4v) is 4.35. The average molecular weight is 417 g/mol. The van der Waals surface area contributed by atoms with Crippen molar-refractivity contribution in [1.82, 2.24) is 15.6 Å². The predicted molar refractivity (Wildman–Crippen MR) is 97.3 cm³/mol. The quantitative estimate of drug-likeness (QED) is 0.746. The molecule has 1 aliphatic heterocycles. The van der Waals surface area contributed by atoms with Crippen molar-refractivity contribution in [2.75, 3.05) is 6.61 Å². The minimum absolute atomic E-state index is 0.0938. The zero-order valence-corrected chi connectivity index (χ0v) is 15.6. The van der Waals surface area contributed by atoms with E-state index in [0.29, 0.717) is 25.0 Å². The van der Waals surface area contributed by atoms with Gasteiger partial charge in [0.15, 0.2) is 18.1 Å². The number of benzene rings is 1. The monoisotopic (exact) mass is 417 g/mol. The molecular formula is C20H17F2N3O5. The number of hydrogen-bond acceptors (Lipinski definition) is 6.